The topological polar surface area (TPSA) is 108 Å². The first-order valence-corrected chi connectivity index (χ1v) is 17.3. The number of rotatable bonds is 7. The van der Waals surface area contributed by atoms with E-state index in [1.54, 1.807) is 13.8 Å². The van der Waals surface area contributed by atoms with E-state index in [0.29, 0.717) is 19.3 Å². The molecule has 0 saturated heterocycles. The van der Waals surface area contributed by atoms with Gasteiger partial charge in [-0.25, -0.2) is 4.68 Å². The number of halogens is 2. The van der Waals surface area contributed by atoms with Crippen molar-refractivity contribution in [2.45, 2.75) is 90.2 Å². The summed E-state index contributed by atoms with van der Waals surface area (Å²) in [6, 6.07) is 8.04. The number of ether oxygens (including phenoxy) is 2. The molecular formula is C35H42BrClN2O6. The van der Waals surface area contributed by atoms with Crippen LogP contribution in [0.25, 0.3) is 11.8 Å². The van der Waals surface area contributed by atoms with Gasteiger partial charge in [0.05, 0.1) is 23.7 Å². The number of allylic oxidation sites excluding steroid dienone is 1. The Labute approximate surface area is 278 Å². The van der Waals surface area contributed by atoms with Crippen LogP contribution in [0.2, 0.25) is 0 Å². The van der Waals surface area contributed by atoms with E-state index in [1.807, 2.05) is 49.0 Å². The van der Waals surface area contributed by atoms with Gasteiger partial charge in [0, 0.05) is 34.0 Å². The molecule has 9 atom stereocenters. The second-order valence-corrected chi connectivity index (χ2v) is 15.4. The minimum absolute atomic E-state index is 0.0944. The van der Waals surface area contributed by atoms with Crippen LogP contribution in [-0.2, 0) is 30.3 Å². The lowest BCUT2D eigenvalue weighted by atomic mass is 9.45. The highest BCUT2D eigenvalue weighted by molar-refractivity contribution is 9.10. The molecule has 1 aromatic heterocycles. The lowest BCUT2D eigenvalue weighted by molar-refractivity contribution is -0.207. The molecule has 4 aliphatic carbocycles. The first kappa shape index (κ1) is 32.5. The Kier molecular flexibility index (Phi) is 8.39. The second-order valence-electron chi connectivity index (χ2n) is 14.0. The van der Waals surface area contributed by atoms with Crippen molar-refractivity contribution in [1.82, 2.24) is 9.78 Å². The number of nitrogens with zero attached hydrogens (tertiary/aromatic N) is 2. The number of esters is 2. The fraction of sp³-hybridized carbons (Fsp3) is 0.600. The van der Waals surface area contributed by atoms with Crippen molar-refractivity contribution < 1.29 is 29.0 Å². The molecule has 1 unspecified atom stereocenters. The average Bonchev–Trinajstić information content (AvgIpc) is 3.49. The Morgan fingerprint density at radius 1 is 1.18 bits per heavy atom. The maximum Gasteiger partial charge on any atom is 0.306 e. The van der Waals surface area contributed by atoms with E-state index >= 15 is 0 Å². The quantitative estimate of drug-likeness (QED) is 0.261. The van der Waals surface area contributed by atoms with E-state index in [1.165, 1.54) is 5.57 Å². The van der Waals surface area contributed by atoms with Crippen LogP contribution < -0.4 is 0 Å². The number of alkyl halides is 1. The van der Waals surface area contributed by atoms with Crippen LogP contribution in [0.4, 0.5) is 0 Å². The van der Waals surface area contributed by atoms with Crippen LogP contribution in [0.5, 0.6) is 0 Å². The Bertz CT molecular complexity index is 1570. The van der Waals surface area contributed by atoms with E-state index in [2.05, 4.69) is 28.9 Å². The number of carbonyl (C=O) groups excluding carboxylic acids is 3. The number of fused-ring (bicyclic) bond motifs is 6. The molecule has 6 rings (SSSR count). The summed E-state index contributed by atoms with van der Waals surface area (Å²) in [5.41, 5.74) is 1.50. The molecule has 0 amide bonds. The minimum atomic E-state index is -1.54. The number of aliphatic hydroxyl groups is 1. The zero-order chi connectivity index (χ0) is 32.5. The Morgan fingerprint density at radius 3 is 2.60 bits per heavy atom. The van der Waals surface area contributed by atoms with Gasteiger partial charge >= 0.3 is 11.9 Å². The van der Waals surface area contributed by atoms with E-state index in [0.717, 1.165) is 21.4 Å². The molecule has 10 heteroatoms. The lowest BCUT2D eigenvalue weighted by Crippen LogP contribution is -2.66. The number of carbonyl (C=O) groups is 3. The van der Waals surface area contributed by atoms with Gasteiger partial charge in [0.2, 0.25) is 5.78 Å². The second kappa shape index (κ2) is 11.6. The monoisotopic (exact) mass is 700 g/mol. The summed E-state index contributed by atoms with van der Waals surface area (Å²) in [4.78, 5) is 39.1. The zero-order valence-corrected chi connectivity index (χ0v) is 28.9. The maximum absolute atomic E-state index is 14.1. The number of hydrogen-bond acceptors (Lipinski definition) is 7. The fourth-order valence-electron chi connectivity index (χ4n) is 9.70. The molecule has 242 valence electrons. The molecular weight excluding hydrogens is 660 g/mol. The molecule has 1 N–H and O–H groups in total. The maximum atomic E-state index is 14.1. The van der Waals surface area contributed by atoms with Crippen LogP contribution in [-0.4, -0.2) is 56.3 Å². The van der Waals surface area contributed by atoms with Crippen LogP contribution in [0.3, 0.4) is 0 Å². The van der Waals surface area contributed by atoms with Gasteiger partial charge in [-0.05, 0) is 78.7 Å². The van der Waals surface area contributed by atoms with Crippen molar-refractivity contribution >= 4 is 51.3 Å². The lowest BCUT2D eigenvalue weighted by Gasteiger charge is -2.61. The van der Waals surface area contributed by atoms with Gasteiger partial charge in [0.25, 0.3) is 0 Å². The Hall–Kier alpha value is -2.49. The first-order valence-electron chi connectivity index (χ1n) is 16.1. The summed E-state index contributed by atoms with van der Waals surface area (Å²) < 4.78 is 14.4. The summed E-state index contributed by atoms with van der Waals surface area (Å²) in [5.74, 6) is -2.14. The van der Waals surface area contributed by atoms with E-state index < -0.39 is 41.4 Å². The molecule has 1 aromatic carbocycles. The molecule has 8 nitrogen and oxygen atoms in total. The van der Waals surface area contributed by atoms with Crippen molar-refractivity contribution in [3.63, 3.8) is 0 Å². The highest BCUT2D eigenvalue weighted by atomic mass is 79.9. The van der Waals surface area contributed by atoms with Gasteiger partial charge < -0.3 is 14.6 Å². The Balaban J connectivity index is 1.39. The van der Waals surface area contributed by atoms with Crippen molar-refractivity contribution in [2.75, 3.05) is 6.61 Å². The third-order valence-corrected chi connectivity index (χ3v) is 12.6. The van der Waals surface area contributed by atoms with E-state index in [9.17, 15) is 19.5 Å². The summed E-state index contributed by atoms with van der Waals surface area (Å²) in [6.07, 6.45) is 5.82. The van der Waals surface area contributed by atoms with Crippen molar-refractivity contribution in [2.24, 2.45) is 34.5 Å². The van der Waals surface area contributed by atoms with Crippen LogP contribution in [0, 0.1) is 34.5 Å². The van der Waals surface area contributed by atoms with Crippen LogP contribution >= 0.6 is 27.5 Å². The number of hydrogen-bond donors (Lipinski definition) is 1. The molecule has 0 aliphatic heterocycles. The molecule has 2 aromatic rings. The minimum Gasteiger partial charge on any atom is -0.457 e. The zero-order valence-electron chi connectivity index (χ0n) is 26.5. The summed E-state index contributed by atoms with van der Waals surface area (Å²) in [5, 5.41) is 16.7. The molecule has 3 fully saturated rings. The highest BCUT2D eigenvalue weighted by Gasteiger charge is 2.74. The molecule has 0 bridgehead atoms. The predicted octanol–water partition coefficient (Wildman–Crippen LogP) is 6.47. The molecule has 1 heterocycles. The number of ketones is 1. The first-order chi connectivity index (χ1) is 21.3. The van der Waals surface area contributed by atoms with Gasteiger partial charge in [-0.3, -0.25) is 14.4 Å². The molecule has 4 aliphatic rings. The molecule has 45 heavy (non-hydrogen) atoms. The normalized spacial score (nSPS) is 36.6. The molecule has 3 saturated carbocycles. The van der Waals surface area contributed by atoms with Crippen molar-refractivity contribution in [3.8, 4) is 5.69 Å². The standard InChI is InChI=1S/C35H42BrClN2O6/c1-6-29(42)44-18-28(41)35(45-30(43)7-2)19(3)11-24-31-25(37)12-21-13-26-20(17-38-39(26)23-10-8-9-22(36)14-23)15-33(21,4)32(31)27(40)16-34(24,35)5/h8-10,13-14,17,19,24-25,27,31-32,40H,6-7,11-12,15-16,18H2,1-5H3/t19-,24+,25-,27+,31-,32+,33+,34+,35?/m1/s1. The largest absolute Gasteiger partial charge is 0.457 e. The third kappa shape index (κ3) is 4.86. The van der Waals surface area contributed by atoms with E-state index in [4.69, 9.17) is 26.2 Å². The molecule has 0 spiro atoms. The van der Waals surface area contributed by atoms with Gasteiger partial charge in [0.15, 0.2) is 12.2 Å². The van der Waals surface area contributed by atoms with Crippen LogP contribution in [0.15, 0.2) is 40.5 Å². The Morgan fingerprint density at radius 2 is 1.91 bits per heavy atom. The summed E-state index contributed by atoms with van der Waals surface area (Å²) in [7, 11) is 0. The predicted molar refractivity (Wildman–Crippen MR) is 174 cm³/mol. The fourth-order valence-corrected chi connectivity index (χ4v) is 10.6. The highest BCUT2D eigenvalue weighted by Crippen LogP contribution is 2.70. The van der Waals surface area contributed by atoms with E-state index in [-0.39, 0.29) is 53.7 Å². The van der Waals surface area contributed by atoms with Gasteiger partial charge in [-0.15, -0.1) is 11.6 Å². The number of aliphatic hydroxyl groups excluding tert-OH is 1. The smallest absolute Gasteiger partial charge is 0.306 e. The van der Waals surface area contributed by atoms with Crippen molar-refractivity contribution in [1.29, 1.82) is 0 Å². The molecule has 0 radical (unpaired) electrons. The summed E-state index contributed by atoms with van der Waals surface area (Å²) in [6.45, 7) is 9.04. The third-order valence-electron chi connectivity index (χ3n) is 11.6. The number of Topliss-reactive ketones (excluding diaryl/α,β-unsaturated/α-hetero) is 1. The van der Waals surface area contributed by atoms with Gasteiger partial charge in [-0.1, -0.05) is 62.2 Å². The average molecular weight is 702 g/mol. The number of aromatic nitrogens is 2. The van der Waals surface area contributed by atoms with Crippen LogP contribution in [0.1, 0.15) is 78.0 Å². The van der Waals surface area contributed by atoms with Gasteiger partial charge in [-0.2, -0.15) is 5.10 Å². The summed E-state index contributed by atoms with van der Waals surface area (Å²) >= 11 is 10.9. The number of benzene rings is 1. The van der Waals surface area contributed by atoms with Gasteiger partial charge in [0.1, 0.15) is 0 Å². The SMILES string of the molecule is CCC(=O)OCC(=O)C1(OC(=O)CC)[C@H](C)C[C@H]2[C@H]3[C@H]([C@@H](O)C[C@@]21C)[C@@]1(C)Cc2cnn(-c4cccc(Br)c4)c2C=C1C[C@H]3Cl. The van der Waals surface area contributed by atoms with Crippen molar-refractivity contribution in [3.05, 3.63) is 51.8 Å².